The van der Waals surface area contributed by atoms with Crippen LogP contribution in [0.3, 0.4) is 0 Å². The number of aryl methyl sites for hydroxylation is 1. The number of halogens is 1. The standard InChI is InChI=1S/C16H17ClN2/c1-11(13-3-2-8-18-10-13)19-16-7-4-12-9-14(17)5-6-15(12)16/h2-3,5-6,8-11,16,19H,4,7H2,1H3/t11-,16?/m1/s1. The van der Waals surface area contributed by atoms with Crippen molar-refractivity contribution in [3.63, 3.8) is 0 Å². The Balaban J connectivity index is 1.76. The molecule has 3 rings (SSSR count). The van der Waals surface area contributed by atoms with Crippen LogP contribution in [0.1, 0.15) is 42.1 Å². The highest BCUT2D eigenvalue weighted by Gasteiger charge is 2.23. The fourth-order valence-corrected chi connectivity index (χ4v) is 2.98. The van der Waals surface area contributed by atoms with Gasteiger partial charge in [-0.3, -0.25) is 4.98 Å². The van der Waals surface area contributed by atoms with E-state index in [0.717, 1.165) is 17.9 Å². The van der Waals surface area contributed by atoms with Gasteiger partial charge in [0.15, 0.2) is 0 Å². The monoisotopic (exact) mass is 272 g/mol. The number of benzene rings is 1. The van der Waals surface area contributed by atoms with E-state index in [2.05, 4.69) is 35.4 Å². The molecule has 2 nitrogen and oxygen atoms in total. The van der Waals surface area contributed by atoms with Crippen LogP contribution in [0.5, 0.6) is 0 Å². The van der Waals surface area contributed by atoms with Gasteiger partial charge < -0.3 is 5.32 Å². The summed E-state index contributed by atoms with van der Waals surface area (Å²) in [6.07, 6.45) is 5.98. The molecule has 1 aliphatic rings. The average molecular weight is 273 g/mol. The third kappa shape index (κ3) is 2.65. The van der Waals surface area contributed by atoms with Gasteiger partial charge in [-0.05, 0) is 54.7 Å². The summed E-state index contributed by atoms with van der Waals surface area (Å²) in [7, 11) is 0. The third-order valence-corrected chi connectivity index (χ3v) is 4.05. The quantitative estimate of drug-likeness (QED) is 0.911. The molecule has 1 unspecified atom stereocenters. The predicted octanol–water partition coefficient (Wildman–Crippen LogP) is 4.07. The second-order valence-corrected chi connectivity index (χ2v) is 5.55. The Hall–Kier alpha value is -1.38. The van der Waals surface area contributed by atoms with Crippen molar-refractivity contribution in [3.8, 4) is 0 Å². The van der Waals surface area contributed by atoms with Gasteiger partial charge in [-0.15, -0.1) is 0 Å². The van der Waals surface area contributed by atoms with Gasteiger partial charge in [0.05, 0.1) is 0 Å². The first-order valence-corrected chi connectivity index (χ1v) is 7.06. The lowest BCUT2D eigenvalue weighted by molar-refractivity contribution is 0.464. The number of pyridine rings is 1. The molecule has 1 heterocycles. The number of hydrogen-bond acceptors (Lipinski definition) is 2. The second kappa shape index (κ2) is 5.32. The molecule has 2 aromatic rings. The molecule has 0 saturated carbocycles. The molecule has 1 aromatic carbocycles. The van der Waals surface area contributed by atoms with E-state index in [1.54, 1.807) is 0 Å². The molecule has 1 N–H and O–H groups in total. The Morgan fingerprint density at radius 3 is 3.05 bits per heavy atom. The molecule has 0 fully saturated rings. The van der Waals surface area contributed by atoms with Crippen LogP contribution in [0.25, 0.3) is 0 Å². The zero-order valence-electron chi connectivity index (χ0n) is 10.9. The first-order valence-electron chi connectivity index (χ1n) is 6.68. The normalized spacial score (nSPS) is 19.2. The summed E-state index contributed by atoms with van der Waals surface area (Å²) in [5.74, 6) is 0. The molecular weight excluding hydrogens is 256 g/mol. The van der Waals surface area contributed by atoms with Gasteiger partial charge in [0.2, 0.25) is 0 Å². The molecule has 0 radical (unpaired) electrons. The number of aromatic nitrogens is 1. The fourth-order valence-electron chi connectivity index (χ4n) is 2.79. The lowest BCUT2D eigenvalue weighted by atomic mass is 10.1. The van der Waals surface area contributed by atoms with Gasteiger partial charge in [0, 0.05) is 29.5 Å². The summed E-state index contributed by atoms with van der Waals surface area (Å²) in [5, 5.41) is 4.52. The van der Waals surface area contributed by atoms with E-state index in [1.165, 1.54) is 16.7 Å². The van der Waals surface area contributed by atoms with Crippen LogP contribution in [-0.4, -0.2) is 4.98 Å². The molecule has 0 spiro atoms. The summed E-state index contributed by atoms with van der Waals surface area (Å²) in [5.41, 5.74) is 3.99. The van der Waals surface area contributed by atoms with Crippen LogP contribution in [0.15, 0.2) is 42.7 Å². The van der Waals surface area contributed by atoms with Gasteiger partial charge in [-0.1, -0.05) is 23.7 Å². The number of fused-ring (bicyclic) bond motifs is 1. The number of rotatable bonds is 3. The van der Waals surface area contributed by atoms with E-state index in [0.29, 0.717) is 12.1 Å². The highest BCUT2D eigenvalue weighted by atomic mass is 35.5. The lowest BCUT2D eigenvalue weighted by Gasteiger charge is -2.20. The summed E-state index contributed by atoms with van der Waals surface area (Å²) in [4.78, 5) is 4.18. The van der Waals surface area contributed by atoms with Crippen molar-refractivity contribution in [1.29, 1.82) is 0 Å². The van der Waals surface area contributed by atoms with Crippen molar-refractivity contribution >= 4 is 11.6 Å². The van der Waals surface area contributed by atoms with E-state index in [-0.39, 0.29) is 0 Å². The topological polar surface area (TPSA) is 24.9 Å². The van der Waals surface area contributed by atoms with Crippen molar-refractivity contribution in [3.05, 3.63) is 64.4 Å². The van der Waals surface area contributed by atoms with E-state index in [4.69, 9.17) is 11.6 Å². The van der Waals surface area contributed by atoms with Gasteiger partial charge in [0.1, 0.15) is 0 Å². The van der Waals surface area contributed by atoms with E-state index >= 15 is 0 Å². The number of hydrogen-bond donors (Lipinski definition) is 1. The third-order valence-electron chi connectivity index (χ3n) is 3.82. The van der Waals surface area contributed by atoms with Crippen molar-refractivity contribution in [2.75, 3.05) is 0 Å². The summed E-state index contributed by atoms with van der Waals surface area (Å²) < 4.78 is 0. The predicted molar refractivity (Wildman–Crippen MR) is 78.3 cm³/mol. The number of nitrogens with one attached hydrogen (secondary N) is 1. The van der Waals surface area contributed by atoms with Gasteiger partial charge in [-0.2, -0.15) is 0 Å². The second-order valence-electron chi connectivity index (χ2n) is 5.11. The maximum atomic E-state index is 6.04. The molecule has 2 atom stereocenters. The molecular formula is C16H17ClN2. The Morgan fingerprint density at radius 2 is 2.26 bits per heavy atom. The van der Waals surface area contributed by atoms with E-state index < -0.39 is 0 Å². The van der Waals surface area contributed by atoms with Gasteiger partial charge in [0.25, 0.3) is 0 Å². The van der Waals surface area contributed by atoms with Crippen molar-refractivity contribution in [2.45, 2.75) is 31.8 Å². The molecule has 0 aliphatic heterocycles. The van der Waals surface area contributed by atoms with Crippen molar-refractivity contribution < 1.29 is 0 Å². The fraction of sp³-hybridized carbons (Fsp3) is 0.312. The number of nitrogens with zero attached hydrogens (tertiary/aromatic N) is 1. The van der Waals surface area contributed by atoms with E-state index in [1.807, 2.05) is 24.5 Å². The Bertz CT molecular complexity index is 568. The molecule has 0 amide bonds. The molecule has 3 heteroatoms. The van der Waals surface area contributed by atoms with Crippen molar-refractivity contribution in [2.24, 2.45) is 0 Å². The molecule has 98 valence electrons. The summed E-state index contributed by atoms with van der Waals surface area (Å²) >= 11 is 6.04. The summed E-state index contributed by atoms with van der Waals surface area (Å²) in [6, 6.07) is 11.0. The van der Waals surface area contributed by atoms with Crippen LogP contribution in [0.4, 0.5) is 0 Å². The van der Waals surface area contributed by atoms with Crippen LogP contribution in [0.2, 0.25) is 5.02 Å². The Kier molecular flexibility index (Phi) is 3.54. The minimum Gasteiger partial charge on any atom is -0.303 e. The first kappa shape index (κ1) is 12.6. The first-order chi connectivity index (χ1) is 9.24. The molecule has 0 saturated heterocycles. The zero-order valence-corrected chi connectivity index (χ0v) is 11.7. The maximum absolute atomic E-state index is 6.04. The van der Waals surface area contributed by atoms with Gasteiger partial charge in [-0.25, -0.2) is 0 Å². The smallest absolute Gasteiger partial charge is 0.0408 e. The molecule has 1 aliphatic carbocycles. The molecule has 1 aromatic heterocycles. The van der Waals surface area contributed by atoms with Crippen LogP contribution in [-0.2, 0) is 6.42 Å². The SMILES string of the molecule is C[C@@H](NC1CCc2cc(Cl)ccc21)c1cccnc1. The van der Waals surface area contributed by atoms with Gasteiger partial charge >= 0.3 is 0 Å². The molecule has 19 heavy (non-hydrogen) atoms. The minimum absolute atomic E-state index is 0.306. The van der Waals surface area contributed by atoms with Crippen LogP contribution < -0.4 is 5.32 Å². The zero-order chi connectivity index (χ0) is 13.2. The Labute approximate surface area is 118 Å². The minimum atomic E-state index is 0.306. The highest BCUT2D eigenvalue weighted by Crippen LogP contribution is 2.34. The van der Waals surface area contributed by atoms with Crippen LogP contribution in [0, 0.1) is 0 Å². The summed E-state index contributed by atoms with van der Waals surface area (Å²) in [6.45, 7) is 2.19. The highest BCUT2D eigenvalue weighted by molar-refractivity contribution is 6.30. The lowest BCUT2D eigenvalue weighted by Crippen LogP contribution is -2.23. The largest absolute Gasteiger partial charge is 0.303 e. The van der Waals surface area contributed by atoms with E-state index in [9.17, 15) is 0 Å². The Morgan fingerprint density at radius 1 is 1.37 bits per heavy atom. The van der Waals surface area contributed by atoms with Crippen LogP contribution >= 0.6 is 11.6 Å². The van der Waals surface area contributed by atoms with Crippen molar-refractivity contribution in [1.82, 2.24) is 10.3 Å². The maximum Gasteiger partial charge on any atom is 0.0408 e. The average Bonchev–Trinajstić information content (AvgIpc) is 2.82. The molecule has 0 bridgehead atoms.